The number of nitrogens with zero attached hydrogens (tertiary/aromatic N) is 1. The Morgan fingerprint density at radius 2 is 1.58 bits per heavy atom. The number of benzene rings is 2. The van der Waals surface area contributed by atoms with Crippen LogP contribution in [0.25, 0.3) is 0 Å². The van der Waals surface area contributed by atoms with Crippen molar-refractivity contribution in [2.75, 3.05) is 7.11 Å². The number of aliphatic imine (C=N–C) groups is 1. The maximum absolute atomic E-state index is 5.33. The maximum atomic E-state index is 5.33. The van der Waals surface area contributed by atoms with Gasteiger partial charge in [-0.05, 0) is 51.0 Å². The highest BCUT2D eigenvalue weighted by atomic mass is 16.5. The molecule has 0 amide bonds. The first kappa shape index (κ1) is 18.2. The number of methoxy groups -OCH3 is 1. The molecule has 0 bridgehead atoms. The van der Waals surface area contributed by atoms with Gasteiger partial charge in [0.05, 0.1) is 18.6 Å². The maximum Gasteiger partial charge on any atom is 0.118 e. The van der Waals surface area contributed by atoms with Crippen LogP contribution in [0.15, 0.2) is 71.4 Å². The minimum atomic E-state index is -0.147. The predicted molar refractivity (Wildman–Crippen MR) is 109 cm³/mol. The molecule has 3 rings (SSSR count). The Labute approximate surface area is 156 Å². The monoisotopic (exact) mass is 348 g/mol. The molecule has 0 saturated carbocycles. The molecule has 0 saturated heterocycles. The number of nitrogens with one attached hydrogen (secondary N) is 1. The highest BCUT2D eigenvalue weighted by Crippen LogP contribution is 2.39. The van der Waals surface area contributed by atoms with E-state index in [2.05, 4.69) is 81.6 Å². The summed E-state index contributed by atoms with van der Waals surface area (Å²) in [5, 5.41) is 3.53. The second-order valence-corrected chi connectivity index (χ2v) is 7.83. The minimum absolute atomic E-state index is 0.145. The van der Waals surface area contributed by atoms with Crippen molar-refractivity contribution < 1.29 is 4.74 Å². The van der Waals surface area contributed by atoms with Gasteiger partial charge in [-0.2, -0.15) is 0 Å². The highest BCUT2D eigenvalue weighted by Gasteiger charge is 2.32. The molecule has 2 aromatic carbocycles. The average molecular weight is 348 g/mol. The van der Waals surface area contributed by atoms with Gasteiger partial charge in [0.1, 0.15) is 11.6 Å². The van der Waals surface area contributed by atoms with Crippen molar-refractivity contribution in [1.29, 1.82) is 0 Å². The summed E-state index contributed by atoms with van der Waals surface area (Å²) in [5.41, 5.74) is 3.53. The Balaban J connectivity index is 2.13. The molecule has 0 fully saturated rings. The van der Waals surface area contributed by atoms with Gasteiger partial charge in [-0.25, -0.2) is 0 Å². The van der Waals surface area contributed by atoms with E-state index in [0.717, 1.165) is 17.3 Å². The van der Waals surface area contributed by atoms with E-state index >= 15 is 0 Å². The predicted octanol–water partition coefficient (Wildman–Crippen LogP) is 5.27. The molecule has 0 spiro atoms. The second-order valence-electron chi connectivity index (χ2n) is 7.83. The molecule has 2 aromatic rings. The second kappa shape index (κ2) is 7.36. The summed E-state index contributed by atoms with van der Waals surface area (Å²) in [4.78, 5) is 5.03. The van der Waals surface area contributed by atoms with Gasteiger partial charge >= 0.3 is 0 Å². The third-order valence-electron chi connectivity index (χ3n) is 4.52. The van der Waals surface area contributed by atoms with E-state index in [1.54, 1.807) is 7.11 Å². The van der Waals surface area contributed by atoms with Gasteiger partial charge in [0.25, 0.3) is 0 Å². The van der Waals surface area contributed by atoms with Crippen molar-refractivity contribution in [3.8, 4) is 5.75 Å². The molecule has 2 unspecified atom stereocenters. The minimum Gasteiger partial charge on any atom is -0.497 e. The number of allylic oxidation sites excluding steroid dienone is 2. The molecule has 2 atom stereocenters. The van der Waals surface area contributed by atoms with E-state index in [1.807, 2.05) is 12.1 Å². The molecule has 1 heterocycles. The zero-order chi connectivity index (χ0) is 18.7. The molecule has 1 N–H and O–H groups in total. The largest absolute Gasteiger partial charge is 0.497 e. The molecule has 1 aliphatic rings. The van der Waals surface area contributed by atoms with Crippen molar-refractivity contribution in [2.24, 2.45) is 4.99 Å². The molecule has 0 radical (unpaired) electrons. The molecule has 0 aliphatic carbocycles. The summed E-state index contributed by atoms with van der Waals surface area (Å²) < 4.78 is 5.33. The quantitative estimate of drug-likeness (QED) is 0.820. The van der Waals surface area contributed by atoms with Crippen LogP contribution in [0, 0.1) is 0 Å². The lowest BCUT2D eigenvalue weighted by atomic mass is 9.78. The fourth-order valence-corrected chi connectivity index (χ4v) is 3.46. The van der Waals surface area contributed by atoms with Crippen molar-refractivity contribution in [3.05, 3.63) is 77.5 Å². The first-order chi connectivity index (χ1) is 12.4. The standard InChI is InChI=1S/C23H28N2O/c1-16-15-20(17-9-7-6-8-10-17)21(22(24-16)25-23(2,3)4)18-11-13-19(26-5)14-12-18/h6-15,20-21H,1-5H3,(H,24,25). The summed E-state index contributed by atoms with van der Waals surface area (Å²) in [6.07, 6.45) is 2.31. The lowest BCUT2D eigenvalue weighted by Gasteiger charge is -2.34. The summed E-state index contributed by atoms with van der Waals surface area (Å²) in [5.74, 6) is 2.28. The fourth-order valence-electron chi connectivity index (χ4n) is 3.46. The Morgan fingerprint density at radius 1 is 0.923 bits per heavy atom. The van der Waals surface area contributed by atoms with Crippen LogP contribution >= 0.6 is 0 Å². The lowest BCUT2D eigenvalue weighted by molar-refractivity contribution is 0.414. The Kier molecular flexibility index (Phi) is 5.17. The van der Waals surface area contributed by atoms with E-state index in [0.29, 0.717) is 0 Å². The van der Waals surface area contributed by atoms with E-state index in [4.69, 9.17) is 9.73 Å². The zero-order valence-electron chi connectivity index (χ0n) is 16.3. The Bertz CT molecular complexity index is 798. The van der Waals surface area contributed by atoms with Crippen molar-refractivity contribution in [2.45, 2.75) is 45.1 Å². The van der Waals surface area contributed by atoms with Gasteiger partial charge in [0.2, 0.25) is 0 Å². The van der Waals surface area contributed by atoms with Gasteiger partial charge in [-0.3, -0.25) is 4.99 Å². The number of ether oxygens (including phenoxy) is 1. The Morgan fingerprint density at radius 3 is 2.15 bits per heavy atom. The van der Waals surface area contributed by atoms with Crippen molar-refractivity contribution in [3.63, 3.8) is 0 Å². The van der Waals surface area contributed by atoms with Gasteiger partial charge in [0.15, 0.2) is 0 Å². The van der Waals surface area contributed by atoms with E-state index < -0.39 is 0 Å². The van der Waals surface area contributed by atoms with Gasteiger partial charge in [-0.1, -0.05) is 48.5 Å². The van der Waals surface area contributed by atoms with E-state index in [9.17, 15) is 0 Å². The van der Waals surface area contributed by atoms with Crippen LogP contribution in [0.5, 0.6) is 5.75 Å². The molecule has 1 aliphatic heterocycles. The topological polar surface area (TPSA) is 33.6 Å². The lowest BCUT2D eigenvalue weighted by Crippen LogP contribution is -2.37. The number of rotatable bonds is 3. The SMILES string of the molecule is COc1ccc(C2C(=NC(C)(C)C)NC(C)=CC2c2ccccc2)cc1. The van der Waals surface area contributed by atoms with Crippen LogP contribution in [-0.4, -0.2) is 18.5 Å². The van der Waals surface area contributed by atoms with Crippen LogP contribution in [0.2, 0.25) is 0 Å². The third-order valence-corrected chi connectivity index (χ3v) is 4.52. The zero-order valence-corrected chi connectivity index (χ0v) is 16.3. The fraction of sp³-hybridized carbons (Fsp3) is 0.348. The molecular weight excluding hydrogens is 320 g/mol. The van der Waals surface area contributed by atoms with Crippen LogP contribution < -0.4 is 10.1 Å². The molecular formula is C23H28N2O. The van der Waals surface area contributed by atoms with Gasteiger partial charge < -0.3 is 10.1 Å². The first-order valence-corrected chi connectivity index (χ1v) is 9.11. The summed E-state index contributed by atoms with van der Waals surface area (Å²) in [7, 11) is 1.70. The van der Waals surface area contributed by atoms with Gasteiger partial charge in [0, 0.05) is 11.6 Å². The number of hydrogen-bond acceptors (Lipinski definition) is 2. The first-order valence-electron chi connectivity index (χ1n) is 9.11. The molecule has 26 heavy (non-hydrogen) atoms. The van der Waals surface area contributed by atoms with Crippen molar-refractivity contribution >= 4 is 5.84 Å². The van der Waals surface area contributed by atoms with Crippen LogP contribution in [0.1, 0.15) is 50.7 Å². The third kappa shape index (κ3) is 4.16. The highest BCUT2D eigenvalue weighted by molar-refractivity contribution is 5.93. The molecule has 3 heteroatoms. The van der Waals surface area contributed by atoms with Gasteiger partial charge in [-0.15, -0.1) is 0 Å². The van der Waals surface area contributed by atoms with Crippen LogP contribution in [-0.2, 0) is 0 Å². The molecule has 3 nitrogen and oxygen atoms in total. The van der Waals surface area contributed by atoms with Crippen LogP contribution in [0.3, 0.4) is 0 Å². The Hall–Kier alpha value is -2.55. The number of amidine groups is 1. The summed E-state index contributed by atoms with van der Waals surface area (Å²) in [6.45, 7) is 8.52. The molecule has 136 valence electrons. The smallest absolute Gasteiger partial charge is 0.118 e. The summed E-state index contributed by atoms with van der Waals surface area (Å²) >= 11 is 0. The summed E-state index contributed by atoms with van der Waals surface area (Å²) in [6, 6.07) is 19.0. The van der Waals surface area contributed by atoms with Crippen molar-refractivity contribution in [1.82, 2.24) is 5.32 Å². The normalized spacial score (nSPS) is 21.9. The average Bonchev–Trinajstić information content (AvgIpc) is 2.61. The van der Waals surface area contributed by atoms with E-state index in [-0.39, 0.29) is 17.4 Å². The molecule has 0 aromatic heterocycles. The number of hydrogen-bond donors (Lipinski definition) is 1. The van der Waals surface area contributed by atoms with Crippen LogP contribution in [0.4, 0.5) is 0 Å². The van der Waals surface area contributed by atoms with E-state index in [1.165, 1.54) is 11.1 Å².